The molecule has 0 saturated carbocycles. The lowest BCUT2D eigenvalue weighted by Gasteiger charge is -1.92. The van der Waals surface area contributed by atoms with Gasteiger partial charge >= 0.3 is 5.97 Å². The molecule has 2 heterocycles. The molecule has 0 aromatic carbocycles. The quantitative estimate of drug-likeness (QED) is 0.683. The molecule has 68 valence electrons. The molecule has 0 fully saturated rings. The van der Waals surface area contributed by atoms with Crippen molar-refractivity contribution >= 4 is 38.2 Å². The van der Waals surface area contributed by atoms with Crippen molar-refractivity contribution in [2.75, 3.05) is 7.11 Å². The molecule has 0 spiro atoms. The summed E-state index contributed by atoms with van der Waals surface area (Å²) in [6.45, 7) is 1.93. The molecule has 2 rings (SSSR count). The Morgan fingerprint density at radius 3 is 3.08 bits per heavy atom. The van der Waals surface area contributed by atoms with Crippen LogP contribution < -0.4 is 0 Å². The van der Waals surface area contributed by atoms with Crippen LogP contribution in [0.1, 0.15) is 15.4 Å². The van der Waals surface area contributed by atoms with Crippen molar-refractivity contribution in [1.29, 1.82) is 0 Å². The standard InChI is InChI=1S/C8H7NO2S2/c1-4-9-7-6(13-4)5(3-12-7)8(10)11-2/h3H,1-2H3. The van der Waals surface area contributed by atoms with Crippen molar-refractivity contribution < 1.29 is 9.53 Å². The molecule has 0 radical (unpaired) electrons. The van der Waals surface area contributed by atoms with Gasteiger partial charge in [0.2, 0.25) is 0 Å². The number of carbonyl (C=O) groups excluding carboxylic acids is 1. The second kappa shape index (κ2) is 3.08. The number of hydrogen-bond donors (Lipinski definition) is 0. The number of hydrogen-bond acceptors (Lipinski definition) is 5. The summed E-state index contributed by atoms with van der Waals surface area (Å²) in [7, 11) is 1.39. The Kier molecular flexibility index (Phi) is 2.05. The minimum atomic E-state index is -0.282. The van der Waals surface area contributed by atoms with Crippen LogP contribution in [-0.2, 0) is 4.74 Å². The minimum Gasteiger partial charge on any atom is -0.465 e. The largest absolute Gasteiger partial charge is 0.465 e. The van der Waals surface area contributed by atoms with Gasteiger partial charge in [-0.2, -0.15) is 0 Å². The maximum atomic E-state index is 11.3. The van der Waals surface area contributed by atoms with Crippen LogP contribution in [0, 0.1) is 6.92 Å². The van der Waals surface area contributed by atoms with E-state index in [1.54, 1.807) is 5.38 Å². The Morgan fingerprint density at radius 2 is 2.38 bits per heavy atom. The Balaban J connectivity index is 2.62. The molecule has 0 saturated heterocycles. The summed E-state index contributed by atoms with van der Waals surface area (Å²) >= 11 is 3.00. The highest BCUT2D eigenvalue weighted by atomic mass is 32.1. The van der Waals surface area contributed by atoms with E-state index < -0.39 is 0 Å². The van der Waals surface area contributed by atoms with E-state index in [0.717, 1.165) is 14.5 Å². The second-order valence-electron chi connectivity index (χ2n) is 2.51. The molecular formula is C8H7NO2S2. The molecule has 2 aromatic rings. The highest BCUT2D eigenvalue weighted by Gasteiger charge is 2.15. The Labute approximate surface area is 83.0 Å². The number of aryl methyl sites for hydroxylation is 1. The molecule has 0 amide bonds. The topological polar surface area (TPSA) is 39.2 Å². The number of fused-ring (bicyclic) bond motifs is 1. The first-order chi connectivity index (χ1) is 6.22. The number of thiophene rings is 1. The van der Waals surface area contributed by atoms with Crippen LogP contribution in [0.15, 0.2) is 5.38 Å². The first-order valence-electron chi connectivity index (χ1n) is 3.65. The molecule has 0 N–H and O–H groups in total. The van der Waals surface area contributed by atoms with E-state index in [1.807, 2.05) is 6.92 Å². The van der Waals surface area contributed by atoms with Crippen molar-refractivity contribution in [2.45, 2.75) is 6.92 Å². The fourth-order valence-electron chi connectivity index (χ4n) is 1.08. The van der Waals surface area contributed by atoms with Gasteiger partial charge in [-0.05, 0) is 6.92 Å². The molecule has 0 aliphatic heterocycles. The SMILES string of the molecule is COC(=O)c1csc2nc(C)sc12. The Bertz CT molecular complexity index is 458. The first-order valence-corrected chi connectivity index (χ1v) is 5.35. The van der Waals surface area contributed by atoms with E-state index in [-0.39, 0.29) is 5.97 Å². The van der Waals surface area contributed by atoms with Gasteiger partial charge in [-0.1, -0.05) is 0 Å². The second-order valence-corrected chi connectivity index (χ2v) is 4.57. The van der Waals surface area contributed by atoms with Crippen molar-refractivity contribution in [2.24, 2.45) is 0 Å². The predicted molar refractivity (Wildman–Crippen MR) is 53.6 cm³/mol. The number of ether oxygens (including phenoxy) is 1. The van der Waals surface area contributed by atoms with Gasteiger partial charge in [0, 0.05) is 5.38 Å². The molecule has 5 heteroatoms. The van der Waals surface area contributed by atoms with E-state index >= 15 is 0 Å². The van der Waals surface area contributed by atoms with Gasteiger partial charge in [0.25, 0.3) is 0 Å². The maximum Gasteiger partial charge on any atom is 0.340 e. The zero-order chi connectivity index (χ0) is 9.42. The number of rotatable bonds is 1. The minimum absolute atomic E-state index is 0.282. The van der Waals surface area contributed by atoms with Gasteiger partial charge in [-0.15, -0.1) is 22.7 Å². The average molecular weight is 213 g/mol. The number of esters is 1. The van der Waals surface area contributed by atoms with Crippen LogP contribution in [0.2, 0.25) is 0 Å². The fourth-order valence-corrected chi connectivity index (χ4v) is 3.15. The molecule has 0 unspecified atom stereocenters. The van der Waals surface area contributed by atoms with Gasteiger partial charge in [-0.3, -0.25) is 0 Å². The summed E-state index contributed by atoms with van der Waals surface area (Å²) in [5.74, 6) is -0.282. The van der Waals surface area contributed by atoms with Gasteiger partial charge in [0.05, 0.1) is 22.4 Å². The van der Waals surface area contributed by atoms with Crippen LogP contribution in [0.25, 0.3) is 9.53 Å². The summed E-state index contributed by atoms with van der Waals surface area (Å²) in [5.41, 5.74) is 0.633. The Morgan fingerprint density at radius 1 is 1.62 bits per heavy atom. The van der Waals surface area contributed by atoms with Crippen molar-refractivity contribution in [3.8, 4) is 0 Å². The lowest BCUT2D eigenvalue weighted by Crippen LogP contribution is -1.98. The van der Waals surface area contributed by atoms with Crippen molar-refractivity contribution in [3.05, 3.63) is 16.0 Å². The van der Waals surface area contributed by atoms with E-state index in [9.17, 15) is 4.79 Å². The van der Waals surface area contributed by atoms with Gasteiger partial charge in [0.15, 0.2) is 0 Å². The van der Waals surface area contributed by atoms with Crippen LogP contribution >= 0.6 is 22.7 Å². The summed E-state index contributed by atoms with van der Waals surface area (Å²) in [6.07, 6.45) is 0. The molecule has 13 heavy (non-hydrogen) atoms. The highest BCUT2D eigenvalue weighted by Crippen LogP contribution is 2.31. The number of aromatic nitrogens is 1. The average Bonchev–Trinajstić information content (AvgIpc) is 2.61. The van der Waals surface area contributed by atoms with Crippen molar-refractivity contribution in [3.63, 3.8) is 0 Å². The lowest BCUT2D eigenvalue weighted by atomic mass is 10.3. The molecule has 0 bridgehead atoms. The third kappa shape index (κ3) is 1.34. The number of thiazole rings is 1. The summed E-state index contributed by atoms with van der Waals surface area (Å²) < 4.78 is 5.60. The van der Waals surface area contributed by atoms with Crippen molar-refractivity contribution in [1.82, 2.24) is 4.98 Å². The normalized spacial score (nSPS) is 10.6. The van der Waals surface area contributed by atoms with E-state index in [4.69, 9.17) is 0 Å². The predicted octanol–water partition coefficient (Wildman–Crippen LogP) is 2.45. The smallest absolute Gasteiger partial charge is 0.340 e. The molecule has 0 aliphatic rings. The van der Waals surface area contributed by atoms with Crippen LogP contribution in [-0.4, -0.2) is 18.1 Å². The fraction of sp³-hybridized carbons (Fsp3) is 0.250. The molecular weight excluding hydrogens is 206 g/mol. The van der Waals surface area contributed by atoms with E-state index in [2.05, 4.69) is 9.72 Å². The molecule has 2 aromatic heterocycles. The number of methoxy groups -OCH3 is 1. The zero-order valence-electron chi connectivity index (χ0n) is 7.16. The summed E-state index contributed by atoms with van der Waals surface area (Å²) in [6, 6.07) is 0. The first kappa shape index (κ1) is 8.65. The Hall–Kier alpha value is -0.940. The zero-order valence-corrected chi connectivity index (χ0v) is 8.79. The monoisotopic (exact) mass is 213 g/mol. The van der Waals surface area contributed by atoms with Crippen LogP contribution in [0.4, 0.5) is 0 Å². The third-order valence-corrected chi connectivity index (χ3v) is 3.65. The summed E-state index contributed by atoms with van der Waals surface area (Å²) in [4.78, 5) is 16.5. The number of carbonyl (C=O) groups is 1. The summed E-state index contributed by atoms with van der Waals surface area (Å²) in [5, 5.41) is 2.77. The number of nitrogens with zero attached hydrogens (tertiary/aromatic N) is 1. The van der Waals surface area contributed by atoms with Gasteiger partial charge in [0.1, 0.15) is 4.83 Å². The van der Waals surface area contributed by atoms with E-state index in [1.165, 1.54) is 29.8 Å². The maximum absolute atomic E-state index is 11.3. The van der Waals surface area contributed by atoms with Gasteiger partial charge < -0.3 is 4.74 Å². The van der Waals surface area contributed by atoms with Crippen LogP contribution in [0.3, 0.4) is 0 Å². The highest BCUT2D eigenvalue weighted by molar-refractivity contribution is 7.26. The third-order valence-electron chi connectivity index (χ3n) is 1.64. The molecule has 3 nitrogen and oxygen atoms in total. The molecule has 0 atom stereocenters. The van der Waals surface area contributed by atoms with Crippen LogP contribution in [0.5, 0.6) is 0 Å². The lowest BCUT2D eigenvalue weighted by molar-refractivity contribution is 0.0603. The van der Waals surface area contributed by atoms with E-state index in [0.29, 0.717) is 5.56 Å². The molecule has 0 aliphatic carbocycles. The van der Waals surface area contributed by atoms with Gasteiger partial charge in [-0.25, -0.2) is 9.78 Å².